The molecule has 2 N–H and O–H groups in total. The lowest BCUT2D eigenvalue weighted by atomic mass is 10.0. The van der Waals surface area contributed by atoms with Gasteiger partial charge in [-0.2, -0.15) is 0 Å². The van der Waals surface area contributed by atoms with Crippen LogP contribution in [-0.4, -0.2) is 28.1 Å². The summed E-state index contributed by atoms with van der Waals surface area (Å²) in [6, 6.07) is 7.20. The van der Waals surface area contributed by atoms with Crippen molar-refractivity contribution < 1.29 is 9.90 Å². The van der Waals surface area contributed by atoms with Gasteiger partial charge in [0.25, 0.3) is 0 Å². The normalized spacial score (nSPS) is 19.6. The first-order valence-corrected chi connectivity index (χ1v) is 8.30. The first kappa shape index (κ1) is 14.9. The van der Waals surface area contributed by atoms with E-state index >= 15 is 0 Å². The first-order valence-electron chi connectivity index (χ1n) is 6.28. The maximum absolute atomic E-state index is 12.1. The zero-order valence-electron chi connectivity index (χ0n) is 11.0. The average Bonchev–Trinajstić information content (AvgIpc) is 3.19. The highest BCUT2D eigenvalue weighted by molar-refractivity contribution is 9.10. The number of nitrogens with one attached hydrogen (secondary N) is 1. The van der Waals surface area contributed by atoms with Crippen LogP contribution in [0.2, 0.25) is 0 Å². The molecule has 0 radical (unpaired) electrons. The largest absolute Gasteiger partial charge is 0.386 e. The summed E-state index contributed by atoms with van der Waals surface area (Å²) >= 11 is 4.96. The number of benzene rings is 1. The number of amides is 1. The van der Waals surface area contributed by atoms with Crippen LogP contribution in [0.1, 0.15) is 31.4 Å². The average molecular weight is 344 g/mol. The molecule has 2 atom stereocenters. The Morgan fingerprint density at radius 3 is 2.47 bits per heavy atom. The Labute approximate surface area is 126 Å². The third-order valence-electron chi connectivity index (χ3n) is 3.55. The minimum atomic E-state index is -0.685. The Balaban J connectivity index is 1.97. The van der Waals surface area contributed by atoms with Crippen molar-refractivity contribution >= 4 is 33.6 Å². The van der Waals surface area contributed by atoms with Gasteiger partial charge in [-0.1, -0.05) is 28.1 Å². The van der Waals surface area contributed by atoms with Crippen LogP contribution in [0.3, 0.4) is 0 Å². The van der Waals surface area contributed by atoms with Gasteiger partial charge >= 0.3 is 0 Å². The molecule has 1 aliphatic rings. The van der Waals surface area contributed by atoms with Gasteiger partial charge in [-0.25, -0.2) is 0 Å². The highest BCUT2D eigenvalue weighted by Crippen LogP contribution is 2.47. The van der Waals surface area contributed by atoms with E-state index in [1.54, 1.807) is 11.8 Å². The smallest absolute Gasteiger partial charge is 0.236 e. The summed E-state index contributed by atoms with van der Waals surface area (Å²) in [5, 5.41) is 13.2. The van der Waals surface area contributed by atoms with E-state index in [-0.39, 0.29) is 16.7 Å². The molecule has 0 aromatic heterocycles. The number of hydrogen-bond acceptors (Lipinski definition) is 3. The number of rotatable bonds is 5. The third kappa shape index (κ3) is 3.33. The molecule has 2 unspecified atom stereocenters. The molecule has 1 saturated carbocycles. The van der Waals surface area contributed by atoms with Gasteiger partial charge in [0.15, 0.2) is 0 Å². The Morgan fingerprint density at radius 1 is 1.42 bits per heavy atom. The van der Waals surface area contributed by atoms with Crippen molar-refractivity contribution in [1.82, 2.24) is 5.32 Å². The van der Waals surface area contributed by atoms with Crippen LogP contribution in [0.4, 0.5) is 0 Å². The van der Waals surface area contributed by atoms with Crippen molar-refractivity contribution in [3.05, 3.63) is 34.3 Å². The van der Waals surface area contributed by atoms with E-state index in [2.05, 4.69) is 21.2 Å². The van der Waals surface area contributed by atoms with Crippen LogP contribution < -0.4 is 5.32 Å². The Kier molecular flexibility index (Phi) is 4.58. The molecule has 0 saturated heterocycles. The van der Waals surface area contributed by atoms with E-state index in [9.17, 15) is 9.90 Å². The summed E-state index contributed by atoms with van der Waals surface area (Å²) in [5.74, 6) is 0.0451. The van der Waals surface area contributed by atoms with Crippen LogP contribution >= 0.6 is 27.7 Å². The van der Waals surface area contributed by atoms with Gasteiger partial charge < -0.3 is 10.4 Å². The van der Waals surface area contributed by atoms with Crippen LogP contribution in [0.5, 0.6) is 0 Å². The molecule has 0 spiro atoms. The van der Waals surface area contributed by atoms with Gasteiger partial charge in [0.05, 0.1) is 16.9 Å². The molecule has 104 valence electrons. The summed E-state index contributed by atoms with van der Waals surface area (Å²) in [6.07, 6.45) is 3.14. The van der Waals surface area contributed by atoms with Crippen LogP contribution in [0.25, 0.3) is 0 Å². The fourth-order valence-electron chi connectivity index (χ4n) is 2.00. The number of carbonyl (C=O) groups is 1. The van der Waals surface area contributed by atoms with Crippen molar-refractivity contribution in [2.45, 2.75) is 36.7 Å². The second kappa shape index (κ2) is 5.85. The second-order valence-corrected chi connectivity index (χ2v) is 7.06. The van der Waals surface area contributed by atoms with E-state index in [4.69, 9.17) is 0 Å². The molecular weight excluding hydrogens is 326 g/mol. The molecule has 1 aliphatic carbocycles. The highest BCUT2D eigenvalue weighted by Gasteiger charge is 2.49. The minimum Gasteiger partial charge on any atom is -0.386 e. The van der Waals surface area contributed by atoms with Crippen molar-refractivity contribution in [3.63, 3.8) is 0 Å². The van der Waals surface area contributed by atoms with E-state index in [1.807, 2.05) is 37.4 Å². The third-order valence-corrected chi connectivity index (χ3v) is 5.46. The van der Waals surface area contributed by atoms with Crippen molar-refractivity contribution in [1.29, 1.82) is 0 Å². The molecule has 1 aromatic carbocycles. The summed E-state index contributed by atoms with van der Waals surface area (Å²) in [5.41, 5.74) is 0.810. The molecule has 1 fully saturated rings. The minimum absolute atomic E-state index is 0.0451. The predicted octanol–water partition coefficient (Wildman–Crippen LogP) is 2.88. The summed E-state index contributed by atoms with van der Waals surface area (Å²) < 4.78 is 0.729. The molecule has 1 aromatic rings. The molecule has 5 heteroatoms. The Bertz CT molecular complexity index is 459. The van der Waals surface area contributed by atoms with Crippen LogP contribution in [0, 0.1) is 0 Å². The monoisotopic (exact) mass is 343 g/mol. The summed E-state index contributed by atoms with van der Waals surface area (Å²) in [6.45, 7) is 1.83. The lowest BCUT2D eigenvalue weighted by Gasteiger charge is -2.23. The molecule has 0 bridgehead atoms. The molecular formula is C14H18BrNO2S. The van der Waals surface area contributed by atoms with Crippen molar-refractivity contribution in [2.75, 3.05) is 6.26 Å². The van der Waals surface area contributed by atoms with Gasteiger partial charge in [0.1, 0.15) is 0 Å². The van der Waals surface area contributed by atoms with E-state index in [1.165, 1.54) is 0 Å². The number of aliphatic hydroxyl groups is 1. The lowest BCUT2D eigenvalue weighted by molar-refractivity contribution is -0.122. The SMILES string of the molecule is CSC1(C(=O)NC(C)C(O)c2ccc(Br)cc2)CC1. The number of aliphatic hydroxyl groups excluding tert-OH is 1. The van der Waals surface area contributed by atoms with Gasteiger partial charge in [0.2, 0.25) is 5.91 Å². The standard InChI is InChI=1S/C14H18BrNO2S/c1-9(16-13(18)14(19-2)7-8-14)12(17)10-3-5-11(15)6-4-10/h3-6,9,12,17H,7-8H2,1-2H3,(H,16,18). The maximum atomic E-state index is 12.1. The van der Waals surface area contributed by atoms with Gasteiger partial charge in [0, 0.05) is 4.47 Å². The number of thioether (sulfide) groups is 1. The molecule has 0 heterocycles. The fraction of sp³-hybridized carbons (Fsp3) is 0.500. The predicted molar refractivity (Wildman–Crippen MR) is 82.2 cm³/mol. The quantitative estimate of drug-likeness (QED) is 0.864. The zero-order chi connectivity index (χ0) is 14.0. The highest BCUT2D eigenvalue weighted by atomic mass is 79.9. The summed E-state index contributed by atoms with van der Waals surface area (Å²) in [7, 11) is 0. The number of hydrogen-bond donors (Lipinski definition) is 2. The molecule has 3 nitrogen and oxygen atoms in total. The van der Waals surface area contributed by atoms with Crippen LogP contribution in [0.15, 0.2) is 28.7 Å². The van der Waals surface area contributed by atoms with Crippen molar-refractivity contribution in [3.8, 4) is 0 Å². The van der Waals surface area contributed by atoms with Gasteiger partial charge in [-0.15, -0.1) is 11.8 Å². The Morgan fingerprint density at radius 2 is 2.00 bits per heavy atom. The fourth-order valence-corrected chi connectivity index (χ4v) is 3.02. The number of carbonyl (C=O) groups excluding carboxylic acids is 1. The van der Waals surface area contributed by atoms with Gasteiger partial charge in [-0.05, 0) is 43.7 Å². The zero-order valence-corrected chi connectivity index (χ0v) is 13.4. The molecule has 2 rings (SSSR count). The lowest BCUT2D eigenvalue weighted by Crippen LogP contribution is -2.42. The molecule has 1 amide bonds. The molecule has 0 aliphatic heterocycles. The number of halogens is 1. The van der Waals surface area contributed by atoms with Crippen molar-refractivity contribution in [2.24, 2.45) is 0 Å². The van der Waals surface area contributed by atoms with Gasteiger partial charge in [-0.3, -0.25) is 4.79 Å². The summed E-state index contributed by atoms with van der Waals surface area (Å²) in [4.78, 5) is 12.1. The van der Waals surface area contributed by atoms with Crippen LogP contribution in [-0.2, 0) is 4.79 Å². The second-order valence-electron chi connectivity index (χ2n) is 4.96. The topological polar surface area (TPSA) is 49.3 Å². The first-order chi connectivity index (χ1) is 8.98. The van der Waals surface area contributed by atoms with E-state index in [0.29, 0.717) is 0 Å². The Hall–Kier alpha value is -0.520. The van der Waals surface area contributed by atoms with E-state index in [0.717, 1.165) is 22.9 Å². The van der Waals surface area contributed by atoms with E-state index < -0.39 is 6.10 Å². The maximum Gasteiger partial charge on any atom is 0.236 e. The molecule has 19 heavy (non-hydrogen) atoms.